The van der Waals surface area contributed by atoms with E-state index < -0.39 is 17.7 Å². The average Bonchev–Trinajstić information content (AvgIpc) is 2.37. The van der Waals surface area contributed by atoms with Gasteiger partial charge in [-0.1, -0.05) is 29.3 Å². The smallest absolute Gasteiger partial charge is 0.126 e. The SMILES string of the molecule is NC(Cc1cc(F)ccc1F)c1ccc(Cl)c(Cl)c1. The molecular weight excluding hydrogens is 291 g/mol. The normalized spacial score (nSPS) is 12.5. The Morgan fingerprint density at radius 2 is 1.74 bits per heavy atom. The standard InChI is InChI=1S/C14H11Cl2F2N/c15-11-3-1-8(6-12(11)16)14(19)7-9-5-10(17)2-4-13(9)18/h1-6,14H,7,19H2. The molecule has 0 bridgehead atoms. The number of halogens is 4. The van der Waals surface area contributed by atoms with E-state index in [9.17, 15) is 8.78 Å². The summed E-state index contributed by atoms with van der Waals surface area (Å²) >= 11 is 11.7. The first-order valence-electron chi connectivity index (χ1n) is 5.62. The Kier molecular flexibility index (Phi) is 4.40. The molecule has 0 fully saturated rings. The van der Waals surface area contributed by atoms with Crippen LogP contribution in [0.15, 0.2) is 36.4 Å². The highest BCUT2D eigenvalue weighted by molar-refractivity contribution is 6.42. The summed E-state index contributed by atoms with van der Waals surface area (Å²) in [6, 6.07) is 7.80. The zero-order chi connectivity index (χ0) is 14.0. The molecule has 0 spiro atoms. The summed E-state index contributed by atoms with van der Waals surface area (Å²) in [4.78, 5) is 0. The van der Waals surface area contributed by atoms with Gasteiger partial charge < -0.3 is 5.73 Å². The van der Waals surface area contributed by atoms with Gasteiger partial charge in [0.05, 0.1) is 10.0 Å². The van der Waals surface area contributed by atoms with Gasteiger partial charge in [-0.3, -0.25) is 0 Å². The van der Waals surface area contributed by atoms with Crippen molar-refractivity contribution in [2.24, 2.45) is 5.73 Å². The molecule has 0 amide bonds. The number of hydrogen-bond donors (Lipinski definition) is 1. The molecule has 1 nitrogen and oxygen atoms in total. The lowest BCUT2D eigenvalue weighted by Crippen LogP contribution is -2.14. The Balaban J connectivity index is 2.22. The summed E-state index contributed by atoms with van der Waals surface area (Å²) in [5, 5.41) is 0.809. The minimum Gasteiger partial charge on any atom is -0.324 e. The first kappa shape index (κ1) is 14.3. The lowest BCUT2D eigenvalue weighted by Gasteiger charge is -2.13. The van der Waals surface area contributed by atoms with E-state index in [0.29, 0.717) is 10.0 Å². The van der Waals surface area contributed by atoms with Gasteiger partial charge in [0.2, 0.25) is 0 Å². The molecular formula is C14H11Cl2F2N. The van der Waals surface area contributed by atoms with Gasteiger partial charge in [-0.15, -0.1) is 0 Å². The molecule has 0 aliphatic rings. The van der Waals surface area contributed by atoms with Crippen molar-refractivity contribution in [2.75, 3.05) is 0 Å². The zero-order valence-electron chi connectivity index (χ0n) is 9.84. The minimum absolute atomic E-state index is 0.182. The van der Waals surface area contributed by atoms with Crippen LogP contribution in [-0.4, -0.2) is 0 Å². The van der Waals surface area contributed by atoms with Gasteiger partial charge in [-0.25, -0.2) is 8.78 Å². The van der Waals surface area contributed by atoms with Gasteiger partial charge in [0.15, 0.2) is 0 Å². The quantitative estimate of drug-likeness (QED) is 0.886. The second-order valence-electron chi connectivity index (χ2n) is 4.22. The van der Waals surface area contributed by atoms with E-state index in [1.54, 1.807) is 18.2 Å². The molecule has 0 heterocycles. The van der Waals surface area contributed by atoms with Crippen LogP contribution in [0.2, 0.25) is 10.0 Å². The predicted octanol–water partition coefficient (Wildman–Crippen LogP) is 4.51. The Morgan fingerprint density at radius 3 is 2.42 bits per heavy atom. The van der Waals surface area contributed by atoms with Crippen molar-refractivity contribution in [3.05, 3.63) is 69.2 Å². The fourth-order valence-electron chi connectivity index (χ4n) is 1.80. The molecule has 1 unspecified atom stereocenters. The van der Waals surface area contributed by atoms with Crippen molar-refractivity contribution >= 4 is 23.2 Å². The van der Waals surface area contributed by atoms with E-state index in [1.807, 2.05) is 0 Å². The largest absolute Gasteiger partial charge is 0.324 e. The third-order valence-electron chi connectivity index (χ3n) is 2.82. The van der Waals surface area contributed by atoms with Crippen molar-refractivity contribution < 1.29 is 8.78 Å². The van der Waals surface area contributed by atoms with Crippen LogP contribution in [0.25, 0.3) is 0 Å². The molecule has 0 saturated carbocycles. The highest BCUT2D eigenvalue weighted by Gasteiger charge is 2.12. The van der Waals surface area contributed by atoms with Gasteiger partial charge in [0, 0.05) is 6.04 Å². The fourth-order valence-corrected chi connectivity index (χ4v) is 2.10. The van der Waals surface area contributed by atoms with Gasteiger partial charge in [0.1, 0.15) is 11.6 Å². The van der Waals surface area contributed by atoms with Crippen molar-refractivity contribution in [1.29, 1.82) is 0 Å². The third kappa shape index (κ3) is 3.44. The summed E-state index contributed by atoms with van der Waals surface area (Å²) in [7, 11) is 0. The monoisotopic (exact) mass is 301 g/mol. The van der Waals surface area contributed by atoms with Gasteiger partial charge in [-0.05, 0) is 47.9 Å². The molecule has 100 valence electrons. The molecule has 0 saturated heterocycles. The van der Waals surface area contributed by atoms with Crippen LogP contribution in [-0.2, 0) is 6.42 Å². The maximum absolute atomic E-state index is 13.5. The van der Waals surface area contributed by atoms with Crippen molar-refractivity contribution in [3.63, 3.8) is 0 Å². The van der Waals surface area contributed by atoms with E-state index in [-0.39, 0.29) is 12.0 Å². The lowest BCUT2D eigenvalue weighted by molar-refractivity contribution is 0.572. The number of benzene rings is 2. The van der Waals surface area contributed by atoms with E-state index in [2.05, 4.69) is 0 Å². The van der Waals surface area contributed by atoms with Crippen molar-refractivity contribution in [2.45, 2.75) is 12.5 Å². The summed E-state index contributed by atoms with van der Waals surface area (Å²) in [5.41, 5.74) is 6.93. The Hall–Kier alpha value is -1.16. The summed E-state index contributed by atoms with van der Waals surface area (Å²) in [6.45, 7) is 0. The molecule has 0 aromatic heterocycles. The molecule has 5 heteroatoms. The van der Waals surface area contributed by atoms with Crippen LogP contribution >= 0.6 is 23.2 Å². The zero-order valence-corrected chi connectivity index (χ0v) is 11.3. The molecule has 0 aliphatic carbocycles. The Bertz CT molecular complexity index is 602. The fraction of sp³-hybridized carbons (Fsp3) is 0.143. The average molecular weight is 302 g/mol. The van der Waals surface area contributed by atoms with Crippen molar-refractivity contribution in [1.82, 2.24) is 0 Å². The molecule has 0 radical (unpaired) electrons. The first-order chi connectivity index (χ1) is 8.97. The van der Waals surface area contributed by atoms with Crippen LogP contribution in [0.3, 0.4) is 0 Å². The molecule has 1 atom stereocenters. The molecule has 0 aliphatic heterocycles. The van der Waals surface area contributed by atoms with Crippen LogP contribution in [0, 0.1) is 11.6 Å². The maximum Gasteiger partial charge on any atom is 0.126 e. The number of rotatable bonds is 3. The van der Waals surface area contributed by atoms with E-state index in [0.717, 1.165) is 23.8 Å². The van der Waals surface area contributed by atoms with Gasteiger partial charge in [-0.2, -0.15) is 0 Å². The lowest BCUT2D eigenvalue weighted by atomic mass is 9.99. The van der Waals surface area contributed by atoms with Crippen LogP contribution in [0.5, 0.6) is 0 Å². The minimum atomic E-state index is -0.488. The van der Waals surface area contributed by atoms with E-state index in [4.69, 9.17) is 28.9 Å². The first-order valence-corrected chi connectivity index (χ1v) is 6.37. The molecule has 2 aromatic carbocycles. The van der Waals surface area contributed by atoms with Crippen molar-refractivity contribution in [3.8, 4) is 0 Å². The third-order valence-corrected chi connectivity index (χ3v) is 3.56. The van der Waals surface area contributed by atoms with Gasteiger partial charge >= 0.3 is 0 Å². The highest BCUT2D eigenvalue weighted by Crippen LogP contribution is 2.26. The van der Waals surface area contributed by atoms with Crippen LogP contribution in [0.4, 0.5) is 8.78 Å². The van der Waals surface area contributed by atoms with E-state index in [1.165, 1.54) is 0 Å². The highest BCUT2D eigenvalue weighted by atomic mass is 35.5. The molecule has 19 heavy (non-hydrogen) atoms. The number of hydrogen-bond acceptors (Lipinski definition) is 1. The number of nitrogens with two attached hydrogens (primary N) is 1. The van der Waals surface area contributed by atoms with Crippen LogP contribution in [0.1, 0.15) is 17.2 Å². The summed E-state index contributed by atoms with van der Waals surface area (Å²) in [6.07, 6.45) is 0.182. The molecule has 2 aromatic rings. The van der Waals surface area contributed by atoms with E-state index >= 15 is 0 Å². The second-order valence-corrected chi connectivity index (χ2v) is 5.03. The topological polar surface area (TPSA) is 26.0 Å². The Labute approximate surface area is 119 Å². The molecule has 2 rings (SSSR count). The van der Waals surface area contributed by atoms with Crippen LogP contribution < -0.4 is 5.73 Å². The second kappa shape index (κ2) is 5.87. The molecule has 2 N–H and O–H groups in total. The summed E-state index contributed by atoms with van der Waals surface area (Å²) in [5.74, 6) is -0.963. The predicted molar refractivity (Wildman–Crippen MR) is 73.5 cm³/mol. The Morgan fingerprint density at radius 1 is 1.00 bits per heavy atom. The van der Waals surface area contributed by atoms with Gasteiger partial charge in [0.25, 0.3) is 0 Å². The summed E-state index contributed by atoms with van der Waals surface area (Å²) < 4.78 is 26.6. The maximum atomic E-state index is 13.5.